The van der Waals surface area contributed by atoms with Crippen molar-refractivity contribution in [2.24, 2.45) is 0 Å². The monoisotopic (exact) mass is 380 g/mol. The van der Waals surface area contributed by atoms with Crippen molar-refractivity contribution in [3.05, 3.63) is 34.8 Å². The second kappa shape index (κ2) is 7.37. The zero-order valence-electron chi connectivity index (χ0n) is 17.1. The lowest BCUT2D eigenvalue weighted by Gasteiger charge is -2.12. The molecule has 0 saturated heterocycles. The molecule has 4 rings (SSSR count). The van der Waals surface area contributed by atoms with E-state index in [9.17, 15) is 4.79 Å². The Hall–Kier alpha value is -2.70. The maximum Gasteiger partial charge on any atom is 0.225 e. The largest absolute Gasteiger partial charge is 0.309 e. The fraction of sp³-hybridized carbons (Fsp3) is 0.524. The lowest BCUT2D eigenvalue weighted by atomic mass is 10.0. The van der Waals surface area contributed by atoms with E-state index < -0.39 is 0 Å². The van der Waals surface area contributed by atoms with Crippen molar-refractivity contribution in [3.8, 4) is 0 Å². The standard InChI is InChI=1S/C21H28N6O/c1-13(2)27-21-18(12-22-27)14(3)17(15(4)23-21)8-9-20(28)24-19-11-16-7-5-6-10-26(16)25-19/h11-13H,5-10H2,1-4H3,(H,24,25,28). The van der Waals surface area contributed by atoms with Crippen molar-refractivity contribution < 1.29 is 4.79 Å². The van der Waals surface area contributed by atoms with Gasteiger partial charge in [-0.15, -0.1) is 0 Å². The van der Waals surface area contributed by atoms with Crippen LogP contribution in [0, 0.1) is 13.8 Å². The Morgan fingerprint density at radius 2 is 2.11 bits per heavy atom. The van der Waals surface area contributed by atoms with E-state index >= 15 is 0 Å². The van der Waals surface area contributed by atoms with Crippen molar-refractivity contribution in [1.29, 1.82) is 0 Å². The molecule has 148 valence electrons. The summed E-state index contributed by atoms with van der Waals surface area (Å²) in [7, 11) is 0. The molecule has 0 atom stereocenters. The van der Waals surface area contributed by atoms with E-state index in [1.54, 1.807) is 0 Å². The first-order chi connectivity index (χ1) is 13.4. The molecule has 1 amide bonds. The number of pyridine rings is 1. The van der Waals surface area contributed by atoms with Gasteiger partial charge in [0, 0.05) is 41.8 Å². The quantitative estimate of drug-likeness (QED) is 0.731. The highest BCUT2D eigenvalue weighted by atomic mass is 16.1. The number of fused-ring (bicyclic) bond motifs is 2. The second-order valence-electron chi connectivity index (χ2n) is 7.97. The van der Waals surface area contributed by atoms with Crippen LogP contribution in [0.2, 0.25) is 0 Å². The minimum atomic E-state index is -0.00720. The van der Waals surface area contributed by atoms with Gasteiger partial charge < -0.3 is 5.32 Å². The van der Waals surface area contributed by atoms with Crippen molar-refractivity contribution in [2.45, 2.75) is 72.4 Å². The lowest BCUT2D eigenvalue weighted by molar-refractivity contribution is -0.116. The first-order valence-corrected chi connectivity index (χ1v) is 10.1. The molecule has 1 aliphatic rings. The summed E-state index contributed by atoms with van der Waals surface area (Å²) in [5.41, 5.74) is 5.40. The van der Waals surface area contributed by atoms with Crippen LogP contribution >= 0.6 is 0 Å². The molecule has 7 nitrogen and oxygen atoms in total. The summed E-state index contributed by atoms with van der Waals surface area (Å²) in [6, 6.07) is 2.27. The van der Waals surface area contributed by atoms with E-state index in [0.29, 0.717) is 18.7 Å². The highest BCUT2D eigenvalue weighted by Crippen LogP contribution is 2.25. The van der Waals surface area contributed by atoms with Gasteiger partial charge in [-0.3, -0.25) is 9.48 Å². The van der Waals surface area contributed by atoms with Crippen molar-refractivity contribution in [2.75, 3.05) is 5.32 Å². The number of carbonyl (C=O) groups excluding carboxylic acids is 1. The predicted molar refractivity (Wildman–Crippen MR) is 110 cm³/mol. The summed E-state index contributed by atoms with van der Waals surface area (Å²) >= 11 is 0. The Balaban J connectivity index is 1.47. The summed E-state index contributed by atoms with van der Waals surface area (Å²) < 4.78 is 3.96. The minimum absolute atomic E-state index is 0.00720. The molecular weight excluding hydrogens is 352 g/mol. The number of aryl methyl sites for hydroxylation is 4. The van der Waals surface area contributed by atoms with E-state index in [2.05, 4.69) is 36.3 Å². The van der Waals surface area contributed by atoms with Crippen LogP contribution in [0.5, 0.6) is 0 Å². The first kappa shape index (κ1) is 18.7. The molecule has 0 unspecified atom stereocenters. The van der Waals surface area contributed by atoms with Crippen molar-refractivity contribution >= 4 is 22.8 Å². The molecule has 4 heterocycles. The molecule has 3 aromatic heterocycles. The van der Waals surface area contributed by atoms with E-state index in [4.69, 9.17) is 4.98 Å². The van der Waals surface area contributed by atoms with Gasteiger partial charge >= 0.3 is 0 Å². The number of aromatic nitrogens is 5. The summed E-state index contributed by atoms with van der Waals surface area (Å²) in [5, 5.41) is 13.0. The summed E-state index contributed by atoms with van der Waals surface area (Å²) in [6.07, 6.45) is 6.35. The average molecular weight is 380 g/mol. The van der Waals surface area contributed by atoms with Gasteiger partial charge in [0.2, 0.25) is 5.91 Å². The average Bonchev–Trinajstić information content (AvgIpc) is 3.24. The highest BCUT2D eigenvalue weighted by Gasteiger charge is 2.17. The van der Waals surface area contributed by atoms with Gasteiger partial charge in [-0.1, -0.05) is 0 Å². The number of anilines is 1. The molecule has 0 aromatic carbocycles. The SMILES string of the molecule is Cc1nc2c(cnn2C(C)C)c(C)c1CCC(=O)Nc1cc2n(n1)CCCC2. The molecule has 7 heteroatoms. The third kappa shape index (κ3) is 3.41. The lowest BCUT2D eigenvalue weighted by Crippen LogP contribution is -2.14. The van der Waals surface area contributed by atoms with E-state index in [-0.39, 0.29) is 11.9 Å². The molecule has 1 N–H and O–H groups in total. The van der Waals surface area contributed by atoms with Crippen LogP contribution in [0.1, 0.15) is 61.7 Å². The van der Waals surface area contributed by atoms with E-state index in [1.807, 2.05) is 28.6 Å². The summed E-state index contributed by atoms with van der Waals surface area (Å²) in [6.45, 7) is 9.26. The van der Waals surface area contributed by atoms with Crippen molar-refractivity contribution in [3.63, 3.8) is 0 Å². The topological polar surface area (TPSA) is 77.6 Å². The molecule has 0 fully saturated rings. The number of nitrogens with zero attached hydrogens (tertiary/aromatic N) is 5. The molecule has 0 aliphatic carbocycles. The first-order valence-electron chi connectivity index (χ1n) is 10.1. The second-order valence-corrected chi connectivity index (χ2v) is 7.97. The van der Waals surface area contributed by atoms with Crippen LogP contribution in [0.4, 0.5) is 5.82 Å². The Morgan fingerprint density at radius 1 is 1.29 bits per heavy atom. The molecule has 0 radical (unpaired) electrons. The van der Waals surface area contributed by atoms with Crippen LogP contribution in [-0.4, -0.2) is 30.5 Å². The molecule has 0 bridgehead atoms. The molecule has 3 aromatic rings. The third-order valence-electron chi connectivity index (χ3n) is 5.61. The molecule has 1 aliphatic heterocycles. The zero-order valence-corrected chi connectivity index (χ0v) is 17.1. The summed E-state index contributed by atoms with van der Waals surface area (Å²) in [4.78, 5) is 17.3. The van der Waals surface area contributed by atoms with Gasteiger partial charge in [-0.2, -0.15) is 10.2 Å². The Bertz CT molecular complexity index is 1010. The Labute approximate surface area is 165 Å². The van der Waals surface area contributed by atoms with E-state index in [0.717, 1.165) is 41.7 Å². The Morgan fingerprint density at radius 3 is 2.86 bits per heavy atom. The number of carbonyl (C=O) groups is 1. The number of nitrogens with one attached hydrogen (secondary N) is 1. The van der Waals surface area contributed by atoms with Gasteiger partial charge in [0.05, 0.1) is 6.20 Å². The fourth-order valence-electron chi connectivity index (χ4n) is 4.06. The van der Waals surface area contributed by atoms with Gasteiger partial charge in [-0.05, 0) is 64.5 Å². The van der Waals surface area contributed by atoms with E-state index in [1.165, 1.54) is 17.7 Å². The predicted octanol–water partition coefficient (Wildman–Crippen LogP) is 3.73. The summed E-state index contributed by atoms with van der Waals surface area (Å²) in [5.74, 6) is 0.661. The van der Waals surface area contributed by atoms with Crippen LogP contribution in [0.3, 0.4) is 0 Å². The Kier molecular flexibility index (Phi) is 4.91. The van der Waals surface area contributed by atoms with Gasteiger partial charge in [0.1, 0.15) is 0 Å². The molecule has 28 heavy (non-hydrogen) atoms. The van der Waals surface area contributed by atoms with Gasteiger partial charge in [0.25, 0.3) is 0 Å². The number of rotatable bonds is 5. The normalized spacial score (nSPS) is 13.9. The molecule has 0 saturated carbocycles. The third-order valence-corrected chi connectivity index (χ3v) is 5.61. The van der Waals surface area contributed by atoms with Crippen molar-refractivity contribution in [1.82, 2.24) is 24.5 Å². The maximum atomic E-state index is 12.5. The highest BCUT2D eigenvalue weighted by molar-refractivity contribution is 5.90. The zero-order chi connectivity index (χ0) is 19.8. The fourth-order valence-corrected chi connectivity index (χ4v) is 4.06. The van der Waals surface area contributed by atoms with Crippen LogP contribution < -0.4 is 5.32 Å². The van der Waals surface area contributed by atoms with Crippen LogP contribution in [-0.2, 0) is 24.2 Å². The smallest absolute Gasteiger partial charge is 0.225 e. The van der Waals surface area contributed by atoms with Crippen LogP contribution in [0.15, 0.2) is 12.3 Å². The van der Waals surface area contributed by atoms with Gasteiger partial charge in [-0.25, -0.2) is 9.67 Å². The maximum absolute atomic E-state index is 12.5. The minimum Gasteiger partial charge on any atom is -0.309 e. The molecular formula is C21H28N6O. The number of amides is 1. The van der Waals surface area contributed by atoms with Crippen LogP contribution in [0.25, 0.3) is 11.0 Å². The van der Waals surface area contributed by atoms with Gasteiger partial charge in [0.15, 0.2) is 11.5 Å². The molecule has 0 spiro atoms. The number of hydrogen-bond acceptors (Lipinski definition) is 4. The number of hydrogen-bond donors (Lipinski definition) is 1.